The molecule has 0 amide bonds. The summed E-state index contributed by atoms with van der Waals surface area (Å²) in [6.45, 7) is 3.90. The van der Waals surface area contributed by atoms with E-state index in [1.807, 2.05) is 0 Å². The Morgan fingerprint density at radius 2 is 2.10 bits per heavy atom. The van der Waals surface area contributed by atoms with Crippen LogP contribution in [-0.4, -0.2) is 61.1 Å². The molecule has 0 aliphatic carbocycles. The molecule has 0 unspecified atom stereocenters. The van der Waals surface area contributed by atoms with Crippen molar-refractivity contribution in [1.29, 1.82) is 0 Å². The molecule has 1 heterocycles. The number of hydrogen-bond donors (Lipinski definition) is 0. The Kier molecular flexibility index (Phi) is 7.16. The van der Waals surface area contributed by atoms with Gasteiger partial charge in [0.25, 0.3) is 0 Å². The summed E-state index contributed by atoms with van der Waals surface area (Å²) in [5, 5.41) is 0. The summed E-state index contributed by atoms with van der Waals surface area (Å²) in [7, 11) is 0. The fourth-order valence-corrected chi connectivity index (χ4v) is 3.13. The first-order chi connectivity index (χ1) is 10.3. The number of hydrogen-bond acceptors (Lipinski definition) is 5. The van der Waals surface area contributed by atoms with Crippen LogP contribution in [-0.2, 0) is 4.74 Å². The monoisotopic (exact) mass is 343 g/mol. The standard InChI is InChI=1S/C15H21NO2S3/c1-20-10-9-18-14-11-12(21-2)3-4-13(14)15(19)16-5-7-17-8-6-16/h3-4,11H,5-10H2,1-2H3. The molecule has 1 saturated heterocycles. The molecule has 1 aliphatic heterocycles. The largest absolute Gasteiger partial charge is 0.492 e. The van der Waals surface area contributed by atoms with E-state index in [0.29, 0.717) is 6.61 Å². The van der Waals surface area contributed by atoms with Crippen molar-refractivity contribution in [3.63, 3.8) is 0 Å². The highest BCUT2D eigenvalue weighted by Crippen LogP contribution is 2.27. The Balaban J connectivity index is 2.17. The fourth-order valence-electron chi connectivity index (χ4n) is 2.10. The van der Waals surface area contributed by atoms with Gasteiger partial charge in [0, 0.05) is 23.7 Å². The van der Waals surface area contributed by atoms with Gasteiger partial charge in [0.05, 0.1) is 25.4 Å². The molecule has 1 aromatic rings. The maximum absolute atomic E-state index is 5.95. The Morgan fingerprint density at radius 3 is 2.76 bits per heavy atom. The van der Waals surface area contributed by atoms with Crippen molar-refractivity contribution in [3.8, 4) is 5.75 Å². The van der Waals surface area contributed by atoms with E-state index in [1.54, 1.807) is 23.5 Å². The summed E-state index contributed by atoms with van der Waals surface area (Å²) in [5.41, 5.74) is 1.02. The van der Waals surface area contributed by atoms with Gasteiger partial charge in [-0.3, -0.25) is 0 Å². The van der Waals surface area contributed by atoms with Crippen LogP contribution in [0.5, 0.6) is 5.75 Å². The molecule has 1 fully saturated rings. The molecule has 116 valence electrons. The third kappa shape index (κ3) is 4.77. The maximum Gasteiger partial charge on any atom is 0.130 e. The number of morpholine rings is 1. The van der Waals surface area contributed by atoms with Gasteiger partial charge in [-0.05, 0) is 30.7 Å². The molecule has 1 aromatic carbocycles. The number of thioether (sulfide) groups is 2. The van der Waals surface area contributed by atoms with Gasteiger partial charge in [0.1, 0.15) is 10.7 Å². The highest BCUT2D eigenvalue weighted by Gasteiger charge is 2.18. The maximum atomic E-state index is 5.95. The summed E-state index contributed by atoms with van der Waals surface area (Å²) >= 11 is 9.16. The Hall–Kier alpha value is -0.430. The molecule has 0 atom stereocenters. The van der Waals surface area contributed by atoms with Crippen LogP contribution in [0.2, 0.25) is 0 Å². The smallest absolute Gasteiger partial charge is 0.130 e. The highest BCUT2D eigenvalue weighted by atomic mass is 32.2. The van der Waals surface area contributed by atoms with E-state index in [-0.39, 0.29) is 0 Å². The molecule has 3 nitrogen and oxygen atoms in total. The van der Waals surface area contributed by atoms with Crippen molar-refractivity contribution >= 4 is 40.7 Å². The number of benzene rings is 1. The van der Waals surface area contributed by atoms with Gasteiger partial charge < -0.3 is 14.4 Å². The molecule has 0 N–H and O–H groups in total. The zero-order chi connectivity index (χ0) is 15.1. The molecular weight excluding hydrogens is 322 g/mol. The lowest BCUT2D eigenvalue weighted by atomic mass is 10.1. The summed E-state index contributed by atoms with van der Waals surface area (Å²) in [6, 6.07) is 6.28. The normalized spacial score (nSPS) is 15.0. The van der Waals surface area contributed by atoms with Crippen LogP contribution < -0.4 is 4.74 Å². The van der Waals surface area contributed by atoms with Gasteiger partial charge in [-0.1, -0.05) is 12.2 Å². The van der Waals surface area contributed by atoms with Crippen molar-refractivity contribution in [2.24, 2.45) is 0 Å². The lowest BCUT2D eigenvalue weighted by Crippen LogP contribution is -2.40. The number of rotatable bonds is 6. The molecule has 6 heteroatoms. The van der Waals surface area contributed by atoms with Crippen LogP contribution in [0.1, 0.15) is 5.56 Å². The van der Waals surface area contributed by atoms with E-state index in [2.05, 4.69) is 35.6 Å². The fraction of sp³-hybridized carbons (Fsp3) is 0.533. The first kappa shape index (κ1) is 16.9. The van der Waals surface area contributed by atoms with E-state index in [4.69, 9.17) is 21.7 Å². The van der Waals surface area contributed by atoms with Gasteiger partial charge in [0.2, 0.25) is 0 Å². The van der Waals surface area contributed by atoms with Crippen molar-refractivity contribution in [2.75, 3.05) is 51.2 Å². The van der Waals surface area contributed by atoms with E-state index in [9.17, 15) is 0 Å². The van der Waals surface area contributed by atoms with E-state index in [1.165, 1.54) is 4.90 Å². The van der Waals surface area contributed by atoms with Crippen molar-refractivity contribution in [3.05, 3.63) is 23.8 Å². The molecule has 0 radical (unpaired) electrons. The van der Waals surface area contributed by atoms with Gasteiger partial charge in [0.15, 0.2) is 0 Å². The van der Waals surface area contributed by atoms with E-state index in [0.717, 1.165) is 48.4 Å². The topological polar surface area (TPSA) is 21.7 Å². The quantitative estimate of drug-likeness (QED) is 0.446. The third-order valence-electron chi connectivity index (χ3n) is 3.26. The lowest BCUT2D eigenvalue weighted by molar-refractivity contribution is 0.0692. The second-order valence-electron chi connectivity index (χ2n) is 4.61. The van der Waals surface area contributed by atoms with Gasteiger partial charge in [-0.2, -0.15) is 11.8 Å². The van der Waals surface area contributed by atoms with Crippen LogP contribution in [0, 0.1) is 0 Å². The van der Waals surface area contributed by atoms with Crippen LogP contribution in [0.15, 0.2) is 23.1 Å². The van der Waals surface area contributed by atoms with Crippen molar-refractivity contribution in [2.45, 2.75) is 4.90 Å². The molecular formula is C15H21NO2S3. The third-order valence-corrected chi connectivity index (χ3v) is 5.04. The molecule has 1 aliphatic rings. The summed E-state index contributed by atoms with van der Waals surface area (Å²) in [5.74, 6) is 1.88. The van der Waals surface area contributed by atoms with Gasteiger partial charge in [-0.25, -0.2) is 0 Å². The number of nitrogens with zero attached hydrogens (tertiary/aromatic N) is 1. The Labute approximate surface area is 140 Å². The lowest BCUT2D eigenvalue weighted by Gasteiger charge is -2.30. The minimum absolute atomic E-state index is 0.706. The van der Waals surface area contributed by atoms with Crippen LogP contribution >= 0.6 is 35.7 Å². The number of thiocarbonyl (C=S) groups is 1. The number of ether oxygens (including phenoxy) is 2. The van der Waals surface area contributed by atoms with Gasteiger partial charge >= 0.3 is 0 Å². The zero-order valence-electron chi connectivity index (χ0n) is 12.5. The van der Waals surface area contributed by atoms with E-state index < -0.39 is 0 Å². The minimum Gasteiger partial charge on any atom is -0.492 e. The second kappa shape index (κ2) is 8.88. The molecule has 2 rings (SSSR count). The van der Waals surface area contributed by atoms with Crippen LogP contribution in [0.25, 0.3) is 0 Å². The molecule has 0 aromatic heterocycles. The van der Waals surface area contributed by atoms with Crippen LogP contribution in [0.3, 0.4) is 0 Å². The second-order valence-corrected chi connectivity index (χ2v) is 6.86. The Bertz CT molecular complexity index is 476. The first-order valence-electron chi connectivity index (χ1n) is 6.93. The average Bonchev–Trinajstić information content (AvgIpc) is 2.55. The van der Waals surface area contributed by atoms with Gasteiger partial charge in [-0.15, -0.1) is 11.8 Å². The zero-order valence-corrected chi connectivity index (χ0v) is 14.9. The predicted octanol–water partition coefficient (Wildman–Crippen LogP) is 3.16. The molecule has 0 bridgehead atoms. The Morgan fingerprint density at radius 1 is 1.33 bits per heavy atom. The van der Waals surface area contributed by atoms with Crippen LogP contribution in [0.4, 0.5) is 0 Å². The van der Waals surface area contributed by atoms with Crippen molar-refractivity contribution < 1.29 is 9.47 Å². The molecule has 0 spiro atoms. The summed E-state index contributed by atoms with van der Waals surface area (Å²) in [4.78, 5) is 4.27. The first-order valence-corrected chi connectivity index (χ1v) is 9.95. The predicted molar refractivity (Wildman–Crippen MR) is 96.2 cm³/mol. The minimum atomic E-state index is 0.706. The van der Waals surface area contributed by atoms with E-state index >= 15 is 0 Å². The molecule has 0 saturated carbocycles. The van der Waals surface area contributed by atoms with Crippen molar-refractivity contribution in [1.82, 2.24) is 4.90 Å². The average molecular weight is 344 g/mol. The molecule has 21 heavy (non-hydrogen) atoms. The highest BCUT2D eigenvalue weighted by molar-refractivity contribution is 7.98. The summed E-state index contributed by atoms with van der Waals surface area (Å²) < 4.78 is 11.3. The summed E-state index contributed by atoms with van der Waals surface area (Å²) in [6.07, 6.45) is 4.15. The SMILES string of the molecule is CSCCOc1cc(SC)ccc1C(=S)N1CCOCC1.